The molecule has 1 heterocycles. The van der Waals surface area contributed by atoms with Gasteiger partial charge in [0.1, 0.15) is 0 Å². The van der Waals surface area contributed by atoms with Gasteiger partial charge in [0, 0.05) is 18.1 Å². The van der Waals surface area contributed by atoms with Gasteiger partial charge in [-0.15, -0.1) is 0 Å². The van der Waals surface area contributed by atoms with Gasteiger partial charge in [-0.05, 0) is 65.8 Å². The first kappa shape index (κ1) is 14.3. The van der Waals surface area contributed by atoms with Gasteiger partial charge >= 0.3 is 0 Å². The average Bonchev–Trinajstić information content (AvgIpc) is 3.18. The highest BCUT2D eigenvalue weighted by atomic mass is 16.3. The first-order chi connectivity index (χ1) is 8.69. The molecular weight excluding hydrogens is 226 g/mol. The van der Waals surface area contributed by atoms with Gasteiger partial charge in [-0.2, -0.15) is 0 Å². The van der Waals surface area contributed by atoms with Crippen molar-refractivity contribution >= 4 is 0 Å². The number of rotatable bonds is 7. The van der Waals surface area contributed by atoms with Crippen LogP contribution in [-0.4, -0.2) is 73.4 Å². The van der Waals surface area contributed by atoms with Crippen LogP contribution >= 0.6 is 0 Å². The van der Waals surface area contributed by atoms with E-state index in [1.54, 1.807) is 0 Å². The zero-order valence-corrected chi connectivity index (χ0v) is 11.9. The lowest BCUT2D eigenvalue weighted by molar-refractivity contribution is 0.135. The van der Waals surface area contributed by atoms with Crippen molar-refractivity contribution in [1.29, 1.82) is 0 Å². The fourth-order valence-electron chi connectivity index (χ4n) is 2.81. The molecule has 18 heavy (non-hydrogen) atoms. The molecule has 1 unspecified atom stereocenters. The van der Waals surface area contributed by atoms with Crippen molar-refractivity contribution in [2.45, 2.75) is 50.2 Å². The number of piperidine rings is 1. The van der Waals surface area contributed by atoms with Gasteiger partial charge in [-0.25, -0.2) is 0 Å². The molecule has 106 valence electrons. The van der Waals surface area contributed by atoms with E-state index in [0.717, 1.165) is 19.0 Å². The summed E-state index contributed by atoms with van der Waals surface area (Å²) in [6, 6.07) is 1.77. The molecule has 0 bridgehead atoms. The number of likely N-dealkylation sites (tertiary alicyclic amines) is 1. The summed E-state index contributed by atoms with van der Waals surface area (Å²) in [5, 5.41) is 12.9. The SMILES string of the molecule is CN(C)C1CCN(CCC(CO)NC2CC2)CC1. The smallest absolute Gasteiger partial charge is 0.0585 e. The Balaban J connectivity index is 1.61. The Hall–Kier alpha value is -0.160. The van der Waals surface area contributed by atoms with E-state index in [1.807, 2.05) is 0 Å². The van der Waals surface area contributed by atoms with Crippen molar-refractivity contribution < 1.29 is 5.11 Å². The molecule has 2 aliphatic rings. The van der Waals surface area contributed by atoms with Crippen molar-refractivity contribution in [1.82, 2.24) is 15.1 Å². The molecule has 1 aliphatic carbocycles. The maximum Gasteiger partial charge on any atom is 0.0585 e. The van der Waals surface area contributed by atoms with Crippen LogP contribution in [0.15, 0.2) is 0 Å². The predicted molar refractivity (Wildman–Crippen MR) is 74.8 cm³/mol. The van der Waals surface area contributed by atoms with Gasteiger partial charge in [-0.1, -0.05) is 0 Å². The lowest BCUT2D eigenvalue weighted by atomic mass is 10.0. The van der Waals surface area contributed by atoms with Gasteiger partial charge in [-0.3, -0.25) is 0 Å². The lowest BCUT2D eigenvalue weighted by Gasteiger charge is -2.35. The molecule has 4 nitrogen and oxygen atoms in total. The van der Waals surface area contributed by atoms with Crippen LogP contribution in [-0.2, 0) is 0 Å². The first-order valence-electron chi connectivity index (χ1n) is 7.44. The summed E-state index contributed by atoms with van der Waals surface area (Å²) < 4.78 is 0. The first-order valence-corrected chi connectivity index (χ1v) is 7.44. The molecule has 2 fully saturated rings. The molecule has 1 atom stereocenters. The van der Waals surface area contributed by atoms with E-state index in [9.17, 15) is 5.11 Å². The Morgan fingerprint density at radius 1 is 1.22 bits per heavy atom. The van der Waals surface area contributed by atoms with Gasteiger partial charge in [0.05, 0.1) is 6.61 Å². The van der Waals surface area contributed by atoms with Crippen molar-refractivity contribution in [2.24, 2.45) is 0 Å². The quantitative estimate of drug-likeness (QED) is 0.695. The van der Waals surface area contributed by atoms with E-state index in [0.29, 0.717) is 12.1 Å². The molecular formula is C14H29N3O. The topological polar surface area (TPSA) is 38.7 Å². The standard InChI is InChI=1S/C14H29N3O/c1-16(2)14-6-9-17(10-7-14)8-5-13(11-18)15-12-3-4-12/h12-15,18H,3-11H2,1-2H3. The second kappa shape index (κ2) is 6.85. The third-order valence-electron chi connectivity index (χ3n) is 4.35. The molecule has 1 saturated carbocycles. The van der Waals surface area contributed by atoms with Crippen LogP contribution in [0.1, 0.15) is 32.1 Å². The molecule has 0 spiro atoms. The summed E-state index contributed by atoms with van der Waals surface area (Å²) in [4.78, 5) is 4.90. The van der Waals surface area contributed by atoms with E-state index in [2.05, 4.69) is 29.2 Å². The molecule has 0 radical (unpaired) electrons. The molecule has 0 amide bonds. The van der Waals surface area contributed by atoms with Gasteiger partial charge < -0.3 is 20.2 Å². The summed E-state index contributed by atoms with van der Waals surface area (Å²) in [7, 11) is 4.36. The van der Waals surface area contributed by atoms with Crippen LogP contribution < -0.4 is 5.32 Å². The number of nitrogens with zero attached hydrogens (tertiary/aromatic N) is 2. The third kappa shape index (κ3) is 4.50. The van der Waals surface area contributed by atoms with Crippen molar-refractivity contribution in [3.05, 3.63) is 0 Å². The number of hydrogen-bond donors (Lipinski definition) is 2. The Kier molecular flexibility index (Phi) is 5.42. The second-order valence-corrected chi connectivity index (χ2v) is 6.15. The van der Waals surface area contributed by atoms with E-state index in [1.165, 1.54) is 38.8 Å². The van der Waals surface area contributed by atoms with E-state index in [-0.39, 0.29) is 6.61 Å². The third-order valence-corrected chi connectivity index (χ3v) is 4.35. The molecule has 0 aromatic rings. The molecule has 1 saturated heterocycles. The van der Waals surface area contributed by atoms with E-state index in [4.69, 9.17) is 0 Å². The maximum atomic E-state index is 9.36. The average molecular weight is 255 g/mol. The van der Waals surface area contributed by atoms with Gasteiger partial charge in [0.25, 0.3) is 0 Å². The monoisotopic (exact) mass is 255 g/mol. The minimum absolute atomic E-state index is 0.282. The van der Waals surface area contributed by atoms with E-state index >= 15 is 0 Å². The van der Waals surface area contributed by atoms with Crippen molar-refractivity contribution in [3.63, 3.8) is 0 Å². The fourth-order valence-corrected chi connectivity index (χ4v) is 2.81. The molecule has 0 aromatic carbocycles. The van der Waals surface area contributed by atoms with Crippen LogP contribution in [0.3, 0.4) is 0 Å². The highest BCUT2D eigenvalue weighted by Crippen LogP contribution is 2.20. The van der Waals surface area contributed by atoms with Crippen LogP contribution in [0.5, 0.6) is 0 Å². The Morgan fingerprint density at radius 3 is 2.39 bits per heavy atom. The summed E-state index contributed by atoms with van der Waals surface area (Å²) in [6.07, 6.45) is 6.24. The molecule has 0 aromatic heterocycles. The summed E-state index contributed by atoms with van der Waals surface area (Å²) in [5.41, 5.74) is 0. The largest absolute Gasteiger partial charge is 0.395 e. The molecule has 4 heteroatoms. The zero-order chi connectivity index (χ0) is 13.0. The lowest BCUT2D eigenvalue weighted by Crippen LogP contribution is -2.44. The normalized spacial score (nSPS) is 24.7. The van der Waals surface area contributed by atoms with Gasteiger partial charge in [0.15, 0.2) is 0 Å². The minimum atomic E-state index is 0.282. The van der Waals surface area contributed by atoms with Crippen LogP contribution in [0.4, 0.5) is 0 Å². The Labute approximate surface area is 111 Å². The maximum absolute atomic E-state index is 9.36. The highest BCUT2D eigenvalue weighted by molar-refractivity contribution is 4.85. The Morgan fingerprint density at radius 2 is 1.89 bits per heavy atom. The molecule has 2 N–H and O–H groups in total. The minimum Gasteiger partial charge on any atom is -0.395 e. The van der Waals surface area contributed by atoms with Crippen molar-refractivity contribution in [3.8, 4) is 0 Å². The summed E-state index contributed by atoms with van der Waals surface area (Å²) >= 11 is 0. The van der Waals surface area contributed by atoms with Crippen LogP contribution in [0, 0.1) is 0 Å². The number of aliphatic hydroxyl groups is 1. The van der Waals surface area contributed by atoms with Gasteiger partial charge in [0.2, 0.25) is 0 Å². The summed E-state index contributed by atoms with van der Waals surface area (Å²) in [5.74, 6) is 0. The van der Waals surface area contributed by atoms with Crippen LogP contribution in [0.25, 0.3) is 0 Å². The number of nitrogens with one attached hydrogen (secondary N) is 1. The zero-order valence-electron chi connectivity index (χ0n) is 11.9. The van der Waals surface area contributed by atoms with Crippen molar-refractivity contribution in [2.75, 3.05) is 40.3 Å². The predicted octanol–water partition coefficient (Wildman–Crippen LogP) is 0.515. The Bertz CT molecular complexity index is 235. The van der Waals surface area contributed by atoms with E-state index < -0.39 is 0 Å². The number of hydrogen-bond acceptors (Lipinski definition) is 4. The summed E-state index contributed by atoms with van der Waals surface area (Å²) in [6.45, 7) is 3.84. The second-order valence-electron chi connectivity index (χ2n) is 6.15. The molecule has 1 aliphatic heterocycles. The fraction of sp³-hybridized carbons (Fsp3) is 1.00. The number of aliphatic hydroxyl groups excluding tert-OH is 1. The van der Waals surface area contributed by atoms with Crippen LogP contribution in [0.2, 0.25) is 0 Å². The molecule has 2 rings (SSSR count). The highest BCUT2D eigenvalue weighted by Gasteiger charge is 2.25.